The lowest BCUT2D eigenvalue weighted by Gasteiger charge is -2.04. The number of rotatable bonds is 5. The molecule has 1 heterocycles. The van der Waals surface area contributed by atoms with Gasteiger partial charge in [-0.15, -0.1) is 0 Å². The summed E-state index contributed by atoms with van der Waals surface area (Å²) in [6.07, 6.45) is 1.50. The fourth-order valence-corrected chi connectivity index (χ4v) is 2.04. The van der Waals surface area contributed by atoms with Crippen molar-refractivity contribution in [1.29, 1.82) is 0 Å². The first-order valence-corrected chi connectivity index (χ1v) is 7.06. The molecule has 3 aromatic rings. The number of carbonyl (C=O) groups is 1. The monoisotopic (exact) mass is 311 g/mol. The topological polar surface area (TPSA) is 52.3 Å². The number of aromatic nitrogens is 1. The molecule has 0 saturated carbocycles. The Morgan fingerprint density at radius 2 is 1.83 bits per heavy atom. The van der Waals surface area contributed by atoms with Gasteiger partial charge in [-0.2, -0.15) is 0 Å². The Morgan fingerprint density at radius 1 is 1.13 bits per heavy atom. The van der Waals surface area contributed by atoms with E-state index in [9.17, 15) is 9.18 Å². The Hall–Kier alpha value is -2.95. The van der Waals surface area contributed by atoms with Gasteiger partial charge in [0, 0.05) is 11.1 Å². The van der Waals surface area contributed by atoms with Gasteiger partial charge in [-0.3, -0.25) is 4.79 Å². The highest BCUT2D eigenvalue weighted by Crippen LogP contribution is 2.20. The second kappa shape index (κ2) is 6.44. The molecule has 0 fully saturated rings. The van der Waals surface area contributed by atoms with Gasteiger partial charge in [0.05, 0.1) is 0 Å². The molecule has 0 radical (unpaired) electrons. The molecular weight excluding hydrogens is 297 g/mol. The number of benzene rings is 2. The van der Waals surface area contributed by atoms with Gasteiger partial charge in [-0.05, 0) is 55.5 Å². The first kappa shape index (κ1) is 15.0. The number of carbonyl (C=O) groups excluding carboxylic acids is 1. The van der Waals surface area contributed by atoms with Crippen LogP contribution < -0.4 is 4.74 Å². The van der Waals surface area contributed by atoms with Gasteiger partial charge in [0.25, 0.3) is 0 Å². The van der Waals surface area contributed by atoms with Crippen molar-refractivity contribution in [3.63, 3.8) is 0 Å². The molecule has 3 rings (SSSR count). The fourth-order valence-electron chi connectivity index (χ4n) is 2.04. The third-order valence-electron chi connectivity index (χ3n) is 3.29. The van der Waals surface area contributed by atoms with E-state index in [0.29, 0.717) is 28.5 Å². The molecule has 0 amide bonds. The van der Waals surface area contributed by atoms with Gasteiger partial charge in [-0.1, -0.05) is 0 Å². The number of oxazole rings is 1. The van der Waals surface area contributed by atoms with Crippen LogP contribution in [-0.4, -0.2) is 10.8 Å². The standard InChI is InChI=1S/C18H14FNO3/c1-12(21)13-4-8-17(9-5-13)22-10-16-11-23-18(20-16)14-2-6-15(19)7-3-14/h2-9,11H,10H2,1H3. The first-order chi connectivity index (χ1) is 11.1. The molecule has 23 heavy (non-hydrogen) atoms. The minimum Gasteiger partial charge on any atom is -0.487 e. The summed E-state index contributed by atoms with van der Waals surface area (Å²) in [6.45, 7) is 1.76. The maximum Gasteiger partial charge on any atom is 0.226 e. The number of Topliss-reactive ketones (excluding diaryl/α,β-unsaturated/α-hetero) is 1. The minimum atomic E-state index is -0.308. The van der Waals surface area contributed by atoms with E-state index >= 15 is 0 Å². The zero-order valence-electron chi connectivity index (χ0n) is 12.5. The number of nitrogens with zero attached hydrogens (tertiary/aromatic N) is 1. The van der Waals surface area contributed by atoms with E-state index in [-0.39, 0.29) is 18.2 Å². The molecule has 0 bridgehead atoms. The van der Waals surface area contributed by atoms with Crippen LogP contribution in [0.1, 0.15) is 23.0 Å². The highest BCUT2D eigenvalue weighted by molar-refractivity contribution is 5.94. The molecule has 4 nitrogen and oxygen atoms in total. The van der Waals surface area contributed by atoms with Gasteiger partial charge < -0.3 is 9.15 Å². The average Bonchev–Trinajstić information content (AvgIpc) is 3.03. The minimum absolute atomic E-state index is 0.0111. The first-order valence-electron chi connectivity index (χ1n) is 7.06. The van der Waals surface area contributed by atoms with Gasteiger partial charge in [0.15, 0.2) is 5.78 Å². The van der Waals surface area contributed by atoms with Crippen LogP contribution in [0.15, 0.2) is 59.2 Å². The number of halogens is 1. The van der Waals surface area contributed by atoms with E-state index in [1.165, 1.54) is 25.3 Å². The Labute approximate surface area is 132 Å². The molecule has 0 N–H and O–H groups in total. The van der Waals surface area contributed by atoms with E-state index in [1.54, 1.807) is 36.4 Å². The Balaban J connectivity index is 1.65. The van der Waals surface area contributed by atoms with Crippen molar-refractivity contribution < 1.29 is 18.3 Å². The third kappa shape index (κ3) is 3.63. The van der Waals surface area contributed by atoms with E-state index in [1.807, 2.05) is 0 Å². The van der Waals surface area contributed by atoms with E-state index in [2.05, 4.69) is 4.98 Å². The quantitative estimate of drug-likeness (QED) is 0.661. The average molecular weight is 311 g/mol. The summed E-state index contributed by atoms with van der Waals surface area (Å²) < 4.78 is 23.9. The third-order valence-corrected chi connectivity index (χ3v) is 3.29. The molecule has 116 valence electrons. The zero-order chi connectivity index (χ0) is 16.2. The van der Waals surface area contributed by atoms with Crippen molar-refractivity contribution in [2.24, 2.45) is 0 Å². The van der Waals surface area contributed by atoms with Crippen LogP contribution in [0.2, 0.25) is 0 Å². The van der Waals surface area contributed by atoms with Crippen molar-refractivity contribution in [3.05, 3.63) is 71.9 Å². The van der Waals surface area contributed by atoms with Crippen molar-refractivity contribution in [3.8, 4) is 17.2 Å². The van der Waals surface area contributed by atoms with Gasteiger partial charge in [0.1, 0.15) is 30.1 Å². The maximum absolute atomic E-state index is 12.9. The normalized spacial score (nSPS) is 10.5. The number of ketones is 1. The molecule has 0 saturated heterocycles. The molecule has 1 aromatic heterocycles. The zero-order valence-corrected chi connectivity index (χ0v) is 12.5. The summed E-state index contributed by atoms with van der Waals surface area (Å²) in [6, 6.07) is 12.8. The summed E-state index contributed by atoms with van der Waals surface area (Å²) in [5, 5.41) is 0. The molecule has 0 aliphatic rings. The highest BCUT2D eigenvalue weighted by Gasteiger charge is 2.08. The fraction of sp³-hybridized carbons (Fsp3) is 0.111. The van der Waals surface area contributed by atoms with Gasteiger partial charge >= 0.3 is 0 Å². The van der Waals surface area contributed by atoms with Gasteiger partial charge in [0.2, 0.25) is 5.89 Å². The molecule has 0 atom stereocenters. The Morgan fingerprint density at radius 3 is 2.48 bits per heavy atom. The van der Waals surface area contributed by atoms with Crippen LogP contribution in [0.4, 0.5) is 4.39 Å². The SMILES string of the molecule is CC(=O)c1ccc(OCc2coc(-c3ccc(F)cc3)n2)cc1. The van der Waals surface area contributed by atoms with Crippen LogP contribution in [-0.2, 0) is 6.61 Å². The molecular formula is C18H14FNO3. The molecule has 2 aromatic carbocycles. The highest BCUT2D eigenvalue weighted by atomic mass is 19.1. The van der Waals surface area contributed by atoms with E-state index in [4.69, 9.17) is 9.15 Å². The molecule has 0 spiro atoms. The van der Waals surface area contributed by atoms with Crippen LogP contribution in [0.5, 0.6) is 5.75 Å². The van der Waals surface area contributed by atoms with E-state index < -0.39 is 0 Å². The number of hydrogen-bond donors (Lipinski definition) is 0. The Bertz CT molecular complexity index is 807. The molecule has 0 unspecified atom stereocenters. The van der Waals surface area contributed by atoms with Crippen LogP contribution in [0, 0.1) is 5.82 Å². The van der Waals surface area contributed by atoms with E-state index in [0.717, 1.165) is 0 Å². The summed E-state index contributed by atoms with van der Waals surface area (Å²) in [7, 11) is 0. The van der Waals surface area contributed by atoms with Crippen molar-refractivity contribution >= 4 is 5.78 Å². The van der Waals surface area contributed by atoms with Crippen LogP contribution in [0.25, 0.3) is 11.5 Å². The van der Waals surface area contributed by atoms with Crippen molar-refractivity contribution in [2.75, 3.05) is 0 Å². The van der Waals surface area contributed by atoms with Crippen LogP contribution in [0.3, 0.4) is 0 Å². The second-order valence-electron chi connectivity index (χ2n) is 5.02. The lowest BCUT2D eigenvalue weighted by atomic mass is 10.1. The predicted molar refractivity (Wildman–Crippen MR) is 82.7 cm³/mol. The summed E-state index contributed by atoms with van der Waals surface area (Å²) >= 11 is 0. The Kier molecular flexibility index (Phi) is 4.19. The summed E-state index contributed by atoms with van der Waals surface area (Å²) in [4.78, 5) is 15.5. The van der Waals surface area contributed by atoms with Crippen molar-refractivity contribution in [1.82, 2.24) is 4.98 Å². The van der Waals surface area contributed by atoms with Crippen molar-refractivity contribution in [2.45, 2.75) is 13.5 Å². The smallest absolute Gasteiger partial charge is 0.226 e. The molecule has 5 heteroatoms. The molecule has 0 aliphatic carbocycles. The second-order valence-corrected chi connectivity index (χ2v) is 5.02. The number of hydrogen-bond acceptors (Lipinski definition) is 4. The summed E-state index contributed by atoms with van der Waals surface area (Å²) in [5.41, 5.74) is 1.96. The summed E-state index contributed by atoms with van der Waals surface area (Å²) in [5.74, 6) is 0.756. The largest absolute Gasteiger partial charge is 0.487 e. The molecule has 0 aliphatic heterocycles. The lowest BCUT2D eigenvalue weighted by molar-refractivity contribution is 0.101. The number of ether oxygens (including phenoxy) is 1. The lowest BCUT2D eigenvalue weighted by Crippen LogP contribution is -1.97. The maximum atomic E-state index is 12.9. The van der Waals surface area contributed by atoms with Gasteiger partial charge in [-0.25, -0.2) is 9.37 Å². The predicted octanol–water partition coefficient (Wildman–Crippen LogP) is 4.26. The van der Waals surface area contributed by atoms with Crippen LogP contribution >= 0.6 is 0 Å².